The molecule has 0 aliphatic heterocycles. The fourth-order valence-electron chi connectivity index (χ4n) is 1.57. The molecule has 1 aromatic carbocycles. The van der Waals surface area contributed by atoms with Crippen molar-refractivity contribution in [2.24, 2.45) is 0 Å². The van der Waals surface area contributed by atoms with Crippen LogP contribution in [0, 0.1) is 6.92 Å². The third-order valence-electron chi connectivity index (χ3n) is 2.50. The highest BCUT2D eigenvalue weighted by molar-refractivity contribution is 5.53. The second kappa shape index (κ2) is 4.84. The van der Waals surface area contributed by atoms with E-state index in [0.29, 0.717) is 17.7 Å². The molecule has 15 heavy (non-hydrogen) atoms. The lowest BCUT2D eigenvalue weighted by molar-refractivity contribution is 0.271. The quantitative estimate of drug-likeness (QED) is 0.743. The Balaban J connectivity index is 3.36. The molecule has 0 amide bonds. The van der Waals surface area contributed by atoms with Crippen LogP contribution in [0.3, 0.4) is 0 Å². The Morgan fingerprint density at radius 2 is 2.20 bits per heavy atom. The number of phenols is 1. The zero-order valence-electron chi connectivity index (χ0n) is 9.08. The monoisotopic (exact) mass is 208 g/mol. The van der Waals surface area contributed by atoms with Crippen LogP contribution in [0.4, 0.5) is 0 Å². The molecular formula is C12H16O3. The van der Waals surface area contributed by atoms with E-state index in [2.05, 4.69) is 6.58 Å². The van der Waals surface area contributed by atoms with Crippen molar-refractivity contribution >= 4 is 0 Å². The number of aliphatic hydroxyl groups is 1. The van der Waals surface area contributed by atoms with E-state index >= 15 is 0 Å². The predicted molar refractivity (Wildman–Crippen MR) is 59.2 cm³/mol. The Morgan fingerprint density at radius 1 is 1.53 bits per heavy atom. The number of benzene rings is 1. The number of aliphatic hydroxyl groups excluding tert-OH is 1. The molecule has 0 saturated heterocycles. The summed E-state index contributed by atoms with van der Waals surface area (Å²) in [6, 6.07) is 1.77. The zero-order valence-corrected chi connectivity index (χ0v) is 9.08. The molecule has 1 rings (SSSR count). The summed E-state index contributed by atoms with van der Waals surface area (Å²) in [5.41, 5.74) is 2.41. The van der Waals surface area contributed by atoms with E-state index in [1.165, 1.54) is 7.11 Å². The van der Waals surface area contributed by atoms with Crippen LogP contribution in [-0.2, 0) is 13.0 Å². The molecule has 0 aromatic heterocycles. The summed E-state index contributed by atoms with van der Waals surface area (Å²) in [5, 5.41) is 18.9. The molecule has 0 unspecified atom stereocenters. The molecule has 2 N–H and O–H groups in total. The molecular weight excluding hydrogens is 192 g/mol. The van der Waals surface area contributed by atoms with Crippen LogP contribution in [0.2, 0.25) is 0 Å². The summed E-state index contributed by atoms with van der Waals surface area (Å²) in [6.07, 6.45) is 2.47. The van der Waals surface area contributed by atoms with E-state index in [0.717, 1.165) is 11.1 Å². The number of aromatic hydroxyl groups is 1. The summed E-state index contributed by atoms with van der Waals surface area (Å²) < 4.78 is 5.03. The molecule has 0 spiro atoms. The largest absolute Gasteiger partial charge is 0.504 e. The van der Waals surface area contributed by atoms with Crippen molar-refractivity contribution in [3.8, 4) is 11.5 Å². The Bertz CT molecular complexity index is 370. The predicted octanol–water partition coefficient (Wildman–Crippen LogP) is 1.93. The fraction of sp³-hybridized carbons (Fsp3) is 0.333. The lowest BCUT2D eigenvalue weighted by atomic mass is 9.98. The van der Waals surface area contributed by atoms with E-state index in [1.807, 2.05) is 6.92 Å². The first kappa shape index (κ1) is 11.6. The summed E-state index contributed by atoms with van der Waals surface area (Å²) in [4.78, 5) is 0. The Hall–Kier alpha value is -1.48. The smallest absolute Gasteiger partial charge is 0.163 e. The van der Waals surface area contributed by atoms with Crippen molar-refractivity contribution in [2.45, 2.75) is 20.0 Å². The number of hydrogen-bond donors (Lipinski definition) is 2. The van der Waals surface area contributed by atoms with Crippen molar-refractivity contribution in [3.63, 3.8) is 0 Å². The third kappa shape index (κ3) is 2.13. The fourth-order valence-corrected chi connectivity index (χ4v) is 1.57. The molecule has 82 valence electrons. The van der Waals surface area contributed by atoms with Crippen LogP contribution >= 0.6 is 0 Å². The Kier molecular flexibility index (Phi) is 3.74. The SMILES string of the molecule is C=CCc1cc(OC)c(O)c(CO)c1C. The Morgan fingerprint density at radius 3 is 2.67 bits per heavy atom. The molecule has 1 aromatic rings. The average molecular weight is 208 g/mol. The number of allylic oxidation sites excluding steroid dienone is 1. The molecule has 3 heteroatoms. The minimum Gasteiger partial charge on any atom is -0.504 e. The highest BCUT2D eigenvalue weighted by Crippen LogP contribution is 2.34. The van der Waals surface area contributed by atoms with Crippen LogP contribution in [0.5, 0.6) is 11.5 Å². The first-order valence-corrected chi connectivity index (χ1v) is 4.75. The number of hydrogen-bond acceptors (Lipinski definition) is 3. The van der Waals surface area contributed by atoms with Crippen LogP contribution in [-0.4, -0.2) is 17.3 Å². The zero-order chi connectivity index (χ0) is 11.4. The summed E-state index contributed by atoms with van der Waals surface area (Å²) in [6.45, 7) is 5.33. The molecule has 0 atom stereocenters. The van der Waals surface area contributed by atoms with Gasteiger partial charge in [0.25, 0.3) is 0 Å². The van der Waals surface area contributed by atoms with Gasteiger partial charge in [-0.3, -0.25) is 0 Å². The van der Waals surface area contributed by atoms with Gasteiger partial charge in [-0.05, 0) is 30.5 Å². The molecule has 0 heterocycles. The van der Waals surface area contributed by atoms with E-state index < -0.39 is 0 Å². The highest BCUT2D eigenvalue weighted by atomic mass is 16.5. The first-order valence-electron chi connectivity index (χ1n) is 4.75. The van der Waals surface area contributed by atoms with Gasteiger partial charge < -0.3 is 14.9 Å². The molecule has 0 aliphatic rings. The minimum atomic E-state index is -0.195. The maximum absolute atomic E-state index is 9.75. The van der Waals surface area contributed by atoms with Gasteiger partial charge in [-0.1, -0.05) is 6.08 Å². The molecule has 0 radical (unpaired) electrons. The van der Waals surface area contributed by atoms with E-state index in [-0.39, 0.29) is 12.4 Å². The molecule has 0 aliphatic carbocycles. The minimum absolute atomic E-state index is 0.0188. The second-order valence-electron chi connectivity index (χ2n) is 3.34. The van der Waals surface area contributed by atoms with Gasteiger partial charge in [0.05, 0.1) is 13.7 Å². The molecule has 3 nitrogen and oxygen atoms in total. The van der Waals surface area contributed by atoms with Gasteiger partial charge in [-0.2, -0.15) is 0 Å². The number of ether oxygens (including phenoxy) is 1. The maximum atomic E-state index is 9.75. The maximum Gasteiger partial charge on any atom is 0.163 e. The highest BCUT2D eigenvalue weighted by Gasteiger charge is 2.13. The van der Waals surface area contributed by atoms with Gasteiger partial charge in [-0.25, -0.2) is 0 Å². The standard InChI is InChI=1S/C12H16O3/c1-4-5-9-6-11(15-3)12(14)10(7-13)8(9)2/h4,6,13-14H,1,5,7H2,2-3H3. The topological polar surface area (TPSA) is 49.7 Å². The van der Waals surface area contributed by atoms with Crippen LogP contribution in [0.25, 0.3) is 0 Å². The Labute approximate surface area is 89.6 Å². The lowest BCUT2D eigenvalue weighted by Gasteiger charge is -2.14. The molecule has 0 saturated carbocycles. The summed E-state index contributed by atoms with van der Waals surface area (Å²) >= 11 is 0. The van der Waals surface area contributed by atoms with Crippen molar-refractivity contribution in [1.29, 1.82) is 0 Å². The van der Waals surface area contributed by atoms with Gasteiger partial charge in [0.1, 0.15) is 0 Å². The molecule has 0 fully saturated rings. The third-order valence-corrected chi connectivity index (χ3v) is 2.50. The summed E-state index contributed by atoms with van der Waals surface area (Å²) in [5.74, 6) is 0.409. The van der Waals surface area contributed by atoms with E-state index in [4.69, 9.17) is 4.74 Å². The van der Waals surface area contributed by atoms with E-state index in [1.54, 1.807) is 12.1 Å². The normalized spacial score (nSPS) is 10.1. The van der Waals surface area contributed by atoms with Gasteiger partial charge in [0.15, 0.2) is 11.5 Å². The average Bonchev–Trinajstić information content (AvgIpc) is 2.23. The number of methoxy groups -OCH3 is 1. The first-order chi connectivity index (χ1) is 7.15. The van der Waals surface area contributed by atoms with Crippen molar-refractivity contribution in [2.75, 3.05) is 7.11 Å². The van der Waals surface area contributed by atoms with Crippen LogP contribution in [0.1, 0.15) is 16.7 Å². The van der Waals surface area contributed by atoms with Crippen LogP contribution < -0.4 is 4.74 Å². The van der Waals surface area contributed by atoms with Crippen LogP contribution in [0.15, 0.2) is 18.7 Å². The van der Waals surface area contributed by atoms with Gasteiger partial charge in [-0.15, -0.1) is 6.58 Å². The summed E-state index contributed by atoms with van der Waals surface area (Å²) in [7, 11) is 1.49. The van der Waals surface area contributed by atoms with Gasteiger partial charge in [0, 0.05) is 5.56 Å². The van der Waals surface area contributed by atoms with Gasteiger partial charge in [0.2, 0.25) is 0 Å². The van der Waals surface area contributed by atoms with Crippen molar-refractivity contribution < 1.29 is 14.9 Å². The van der Waals surface area contributed by atoms with Crippen molar-refractivity contribution in [1.82, 2.24) is 0 Å². The van der Waals surface area contributed by atoms with Gasteiger partial charge >= 0.3 is 0 Å². The second-order valence-corrected chi connectivity index (χ2v) is 3.34. The number of rotatable bonds is 4. The van der Waals surface area contributed by atoms with E-state index in [9.17, 15) is 10.2 Å². The molecule has 0 bridgehead atoms. The van der Waals surface area contributed by atoms with Crippen molar-refractivity contribution in [3.05, 3.63) is 35.4 Å². The lowest BCUT2D eigenvalue weighted by Crippen LogP contribution is -1.98.